The smallest absolute Gasteiger partial charge is 0.234 e. The third-order valence-corrected chi connectivity index (χ3v) is 3.86. The van der Waals surface area contributed by atoms with Crippen LogP contribution in [0.4, 0.5) is 5.69 Å². The van der Waals surface area contributed by atoms with Crippen LogP contribution in [0, 0.1) is 0 Å². The fraction of sp³-hybridized carbons (Fsp3) is 0.308. The first-order valence-electron chi connectivity index (χ1n) is 6.36. The molecule has 0 aliphatic carbocycles. The lowest BCUT2D eigenvalue weighted by Gasteiger charge is -2.06. The number of benzene rings is 1. The number of thioether (sulfide) groups is 1. The molecule has 0 bridgehead atoms. The molecule has 2 rings (SSSR count). The first kappa shape index (κ1) is 15.7. The molecule has 1 amide bonds. The zero-order valence-corrected chi connectivity index (χ0v) is 13.3. The Morgan fingerprint density at radius 3 is 2.62 bits per heavy atom. The van der Waals surface area contributed by atoms with Crippen molar-refractivity contribution >= 4 is 35.0 Å². The molecule has 0 fully saturated rings. The molecule has 6 nitrogen and oxygen atoms in total. The Bertz CT molecular complexity index is 626. The highest BCUT2D eigenvalue weighted by Gasteiger charge is 2.14. The molecule has 0 atom stereocenters. The molecule has 0 unspecified atom stereocenters. The van der Waals surface area contributed by atoms with E-state index in [0.29, 0.717) is 21.7 Å². The van der Waals surface area contributed by atoms with E-state index in [1.165, 1.54) is 16.4 Å². The van der Waals surface area contributed by atoms with Crippen molar-refractivity contribution in [2.45, 2.75) is 24.9 Å². The molecule has 0 aliphatic rings. The molecule has 21 heavy (non-hydrogen) atoms. The van der Waals surface area contributed by atoms with E-state index in [1.807, 2.05) is 13.8 Å². The number of anilines is 1. The molecular weight excluding hydrogens is 310 g/mol. The molecule has 0 radical (unpaired) electrons. The summed E-state index contributed by atoms with van der Waals surface area (Å²) < 4.78 is 1.42. The van der Waals surface area contributed by atoms with E-state index < -0.39 is 0 Å². The summed E-state index contributed by atoms with van der Waals surface area (Å²) in [5.41, 5.74) is 0.696. The number of nitrogens with zero attached hydrogens (tertiary/aromatic N) is 3. The van der Waals surface area contributed by atoms with E-state index in [2.05, 4.69) is 15.5 Å². The van der Waals surface area contributed by atoms with Crippen LogP contribution in [0.3, 0.4) is 0 Å². The average molecular weight is 326 g/mol. The third kappa shape index (κ3) is 4.12. The molecular formula is C13H16ClN5OS. The van der Waals surface area contributed by atoms with Crippen molar-refractivity contribution in [2.24, 2.45) is 0 Å². The van der Waals surface area contributed by atoms with E-state index >= 15 is 0 Å². The zero-order valence-electron chi connectivity index (χ0n) is 11.7. The number of hydrogen-bond acceptors (Lipinski definition) is 5. The topological polar surface area (TPSA) is 85.8 Å². The van der Waals surface area contributed by atoms with Crippen molar-refractivity contribution in [1.29, 1.82) is 0 Å². The molecule has 112 valence electrons. The molecule has 1 heterocycles. The number of hydrogen-bond donors (Lipinski definition) is 2. The van der Waals surface area contributed by atoms with Crippen molar-refractivity contribution in [3.05, 3.63) is 35.1 Å². The number of carbonyl (C=O) groups excluding carboxylic acids is 1. The summed E-state index contributed by atoms with van der Waals surface area (Å²) >= 11 is 7.03. The maximum absolute atomic E-state index is 11.9. The van der Waals surface area contributed by atoms with Crippen molar-refractivity contribution in [3.8, 4) is 0 Å². The predicted octanol–water partition coefficient (Wildman–Crippen LogP) is 2.50. The van der Waals surface area contributed by atoms with Crippen LogP contribution < -0.4 is 11.2 Å². The Balaban J connectivity index is 1.91. The molecule has 8 heteroatoms. The third-order valence-electron chi connectivity index (χ3n) is 2.67. The first-order chi connectivity index (χ1) is 9.97. The Hall–Kier alpha value is -1.73. The highest BCUT2D eigenvalue weighted by atomic mass is 35.5. The standard InChI is InChI=1S/C13H16ClN5OS/c1-8(2)12-17-18-13(19(12)15)21-7-11(20)16-10-5-3-9(14)4-6-10/h3-6,8H,7,15H2,1-2H3,(H,16,20). The minimum absolute atomic E-state index is 0.142. The molecule has 2 aromatic rings. The Morgan fingerprint density at radius 2 is 2.05 bits per heavy atom. The molecule has 1 aromatic heterocycles. The normalized spacial score (nSPS) is 10.9. The molecule has 0 aliphatic heterocycles. The van der Waals surface area contributed by atoms with E-state index in [1.54, 1.807) is 24.3 Å². The maximum atomic E-state index is 11.9. The average Bonchev–Trinajstić information content (AvgIpc) is 2.80. The molecule has 0 spiro atoms. The lowest BCUT2D eigenvalue weighted by Crippen LogP contribution is -2.17. The minimum Gasteiger partial charge on any atom is -0.336 e. The van der Waals surface area contributed by atoms with Gasteiger partial charge in [-0.25, -0.2) is 4.68 Å². The highest BCUT2D eigenvalue weighted by Crippen LogP contribution is 2.19. The highest BCUT2D eigenvalue weighted by molar-refractivity contribution is 7.99. The summed E-state index contributed by atoms with van der Waals surface area (Å²) in [6, 6.07) is 6.92. The van der Waals surface area contributed by atoms with Gasteiger partial charge in [-0.05, 0) is 24.3 Å². The van der Waals surface area contributed by atoms with E-state index in [4.69, 9.17) is 17.4 Å². The summed E-state index contributed by atoms with van der Waals surface area (Å²) in [7, 11) is 0. The fourth-order valence-electron chi connectivity index (χ4n) is 1.64. The molecule has 1 aromatic carbocycles. The lowest BCUT2D eigenvalue weighted by atomic mass is 10.2. The van der Waals surface area contributed by atoms with Gasteiger partial charge in [-0.15, -0.1) is 10.2 Å². The monoisotopic (exact) mass is 325 g/mol. The van der Waals surface area contributed by atoms with Crippen molar-refractivity contribution in [3.63, 3.8) is 0 Å². The number of nitrogens with two attached hydrogens (primary N) is 1. The second kappa shape index (κ2) is 6.82. The number of halogens is 1. The lowest BCUT2D eigenvalue weighted by molar-refractivity contribution is -0.113. The van der Waals surface area contributed by atoms with Gasteiger partial charge in [-0.2, -0.15) is 0 Å². The van der Waals surface area contributed by atoms with Crippen LogP contribution in [-0.4, -0.2) is 26.5 Å². The summed E-state index contributed by atoms with van der Waals surface area (Å²) in [6.45, 7) is 3.96. The SMILES string of the molecule is CC(C)c1nnc(SCC(=O)Nc2ccc(Cl)cc2)n1N. The van der Waals surface area contributed by atoms with Crippen molar-refractivity contribution in [1.82, 2.24) is 14.9 Å². The van der Waals surface area contributed by atoms with Gasteiger partial charge in [0, 0.05) is 16.6 Å². The van der Waals surface area contributed by atoms with Crippen LogP contribution in [0.2, 0.25) is 5.02 Å². The van der Waals surface area contributed by atoms with Gasteiger partial charge in [-0.3, -0.25) is 4.79 Å². The van der Waals surface area contributed by atoms with Gasteiger partial charge in [0.05, 0.1) is 5.75 Å². The number of nitrogen functional groups attached to an aromatic ring is 1. The Kier molecular flexibility index (Phi) is 5.08. The second-order valence-corrected chi connectivity index (χ2v) is 6.09. The number of nitrogens with one attached hydrogen (secondary N) is 1. The Morgan fingerprint density at radius 1 is 1.38 bits per heavy atom. The molecule has 0 saturated carbocycles. The summed E-state index contributed by atoms with van der Waals surface area (Å²) in [5, 5.41) is 11.9. The first-order valence-corrected chi connectivity index (χ1v) is 7.72. The van der Waals surface area contributed by atoms with E-state index in [-0.39, 0.29) is 17.6 Å². The van der Waals surface area contributed by atoms with Gasteiger partial charge in [0.25, 0.3) is 0 Å². The van der Waals surface area contributed by atoms with Crippen LogP contribution in [0.5, 0.6) is 0 Å². The van der Waals surface area contributed by atoms with Crippen LogP contribution >= 0.6 is 23.4 Å². The molecule has 3 N–H and O–H groups in total. The quantitative estimate of drug-likeness (QED) is 0.651. The van der Waals surface area contributed by atoms with Gasteiger partial charge < -0.3 is 11.2 Å². The summed E-state index contributed by atoms with van der Waals surface area (Å²) in [5.74, 6) is 6.82. The number of rotatable bonds is 5. The van der Waals surface area contributed by atoms with Crippen LogP contribution in [0.1, 0.15) is 25.6 Å². The number of carbonyl (C=O) groups is 1. The molecule has 0 saturated heterocycles. The summed E-state index contributed by atoms with van der Waals surface area (Å²) in [6.07, 6.45) is 0. The largest absolute Gasteiger partial charge is 0.336 e. The van der Waals surface area contributed by atoms with Crippen LogP contribution in [0.15, 0.2) is 29.4 Å². The minimum atomic E-state index is -0.142. The van der Waals surface area contributed by atoms with E-state index in [9.17, 15) is 4.79 Å². The van der Waals surface area contributed by atoms with Gasteiger partial charge in [0.15, 0.2) is 5.82 Å². The van der Waals surface area contributed by atoms with Gasteiger partial charge in [-0.1, -0.05) is 37.2 Å². The van der Waals surface area contributed by atoms with Crippen molar-refractivity contribution in [2.75, 3.05) is 16.9 Å². The zero-order chi connectivity index (χ0) is 15.4. The second-order valence-electron chi connectivity index (χ2n) is 4.71. The summed E-state index contributed by atoms with van der Waals surface area (Å²) in [4.78, 5) is 11.9. The van der Waals surface area contributed by atoms with Gasteiger partial charge in [0.1, 0.15) is 0 Å². The van der Waals surface area contributed by atoms with E-state index in [0.717, 1.165) is 0 Å². The van der Waals surface area contributed by atoms with Gasteiger partial charge >= 0.3 is 0 Å². The van der Waals surface area contributed by atoms with Crippen LogP contribution in [-0.2, 0) is 4.79 Å². The van der Waals surface area contributed by atoms with Crippen LogP contribution in [0.25, 0.3) is 0 Å². The fourth-order valence-corrected chi connectivity index (χ4v) is 2.43. The maximum Gasteiger partial charge on any atom is 0.234 e. The van der Waals surface area contributed by atoms with Gasteiger partial charge in [0.2, 0.25) is 11.1 Å². The van der Waals surface area contributed by atoms with Crippen molar-refractivity contribution < 1.29 is 4.79 Å². The number of aromatic nitrogens is 3. The number of amides is 1. The predicted molar refractivity (Wildman–Crippen MR) is 85.1 cm³/mol. The Labute approximate surface area is 132 Å².